The van der Waals surface area contributed by atoms with Crippen LogP contribution in [0.3, 0.4) is 0 Å². The summed E-state index contributed by atoms with van der Waals surface area (Å²) in [6.07, 6.45) is 2.36. The van der Waals surface area contributed by atoms with Crippen LogP contribution in [0, 0.1) is 0 Å². The topological polar surface area (TPSA) is 62.5 Å². The molecule has 0 saturated carbocycles. The van der Waals surface area contributed by atoms with Gasteiger partial charge in [0, 0.05) is 49.0 Å². The number of nitrogens with zero attached hydrogens (tertiary/aromatic N) is 2. The summed E-state index contributed by atoms with van der Waals surface area (Å²) in [6.45, 7) is 6.49. The molecule has 170 valence electrons. The zero-order valence-electron chi connectivity index (χ0n) is 18.4. The summed E-state index contributed by atoms with van der Waals surface area (Å²) in [5, 5.41) is 9.81. The van der Waals surface area contributed by atoms with Crippen molar-refractivity contribution in [1.82, 2.24) is 9.47 Å². The van der Waals surface area contributed by atoms with E-state index in [4.69, 9.17) is 23.2 Å². The number of aromatic nitrogens is 1. The van der Waals surface area contributed by atoms with Crippen LogP contribution in [0.1, 0.15) is 35.8 Å². The quantitative estimate of drug-likeness (QED) is 0.406. The Morgan fingerprint density at radius 2 is 1.62 bits per heavy atom. The second-order valence-electron chi connectivity index (χ2n) is 8.08. The number of carbonyl (C=O) groups is 1. The summed E-state index contributed by atoms with van der Waals surface area (Å²) in [5.41, 5.74) is 3.32. The monoisotopic (exact) mass is 474 g/mol. The summed E-state index contributed by atoms with van der Waals surface area (Å²) in [7, 11) is 0. The fourth-order valence-corrected chi connectivity index (χ4v) is 4.31. The number of rotatable bonds is 10. The molecule has 0 atom stereocenters. The fourth-order valence-electron chi connectivity index (χ4n) is 3.83. The first kappa shape index (κ1) is 24.3. The summed E-state index contributed by atoms with van der Waals surface area (Å²) < 4.78 is 1.85. The lowest BCUT2D eigenvalue weighted by molar-refractivity contribution is 0.0694. The van der Waals surface area contributed by atoms with E-state index >= 15 is 0 Å². The van der Waals surface area contributed by atoms with Gasteiger partial charge in [-0.25, -0.2) is 4.79 Å². The number of hydrogen-bond acceptors (Lipinski definition) is 3. The van der Waals surface area contributed by atoms with Gasteiger partial charge in [0.15, 0.2) is 0 Å². The van der Waals surface area contributed by atoms with Crippen LogP contribution in [0.25, 0.3) is 22.0 Å². The van der Waals surface area contributed by atoms with E-state index in [0.29, 0.717) is 17.1 Å². The van der Waals surface area contributed by atoms with Crippen molar-refractivity contribution in [2.45, 2.75) is 26.3 Å². The first-order valence-electron chi connectivity index (χ1n) is 10.7. The first-order chi connectivity index (χ1) is 15.3. The Morgan fingerprint density at radius 3 is 2.19 bits per heavy atom. The summed E-state index contributed by atoms with van der Waals surface area (Å²) in [4.78, 5) is 26.4. The van der Waals surface area contributed by atoms with Crippen molar-refractivity contribution in [3.05, 3.63) is 70.0 Å². The maximum absolute atomic E-state index is 12.6. The van der Waals surface area contributed by atoms with Crippen LogP contribution in [0.15, 0.2) is 53.5 Å². The Morgan fingerprint density at radius 1 is 1.00 bits per heavy atom. The van der Waals surface area contributed by atoms with Crippen molar-refractivity contribution < 1.29 is 9.90 Å². The molecule has 3 rings (SSSR count). The van der Waals surface area contributed by atoms with Gasteiger partial charge in [0.2, 0.25) is 5.43 Å². The van der Waals surface area contributed by atoms with Gasteiger partial charge in [-0.1, -0.05) is 30.3 Å². The van der Waals surface area contributed by atoms with E-state index in [1.807, 2.05) is 30.5 Å². The number of carboxylic acids is 1. The third-order valence-electron chi connectivity index (χ3n) is 5.63. The minimum Gasteiger partial charge on any atom is -0.477 e. The summed E-state index contributed by atoms with van der Waals surface area (Å²) in [5.74, 6) is -0.0259. The number of halogens is 2. The van der Waals surface area contributed by atoms with Gasteiger partial charge < -0.3 is 14.6 Å². The molecule has 0 amide bonds. The van der Waals surface area contributed by atoms with E-state index in [-0.39, 0.29) is 11.6 Å². The molecule has 0 saturated heterocycles. The zero-order valence-corrected chi connectivity index (χ0v) is 19.9. The fraction of sp³-hybridized carbons (Fsp3) is 0.360. The lowest BCUT2D eigenvalue weighted by Gasteiger charge is -2.20. The number of aromatic carboxylic acids is 1. The second-order valence-corrected chi connectivity index (χ2v) is 8.83. The van der Waals surface area contributed by atoms with Gasteiger partial charge in [-0.3, -0.25) is 4.79 Å². The summed E-state index contributed by atoms with van der Waals surface area (Å²) >= 11 is 11.7. The standard InChI is InChI=1S/C25H28Cl2N2O3/c1-17(2)29-16-22(25(31)32)24(30)21-8-7-20(15-23(21)29)19-5-3-18(4-6-19)9-12-28(13-10-26)14-11-27/h3-8,15-17H,9-14H2,1-2H3,(H,31,32). The molecule has 0 aliphatic heterocycles. The van der Waals surface area contributed by atoms with Crippen LogP contribution in [-0.4, -0.2) is 51.9 Å². The average Bonchev–Trinajstić information content (AvgIpc) is 2.77. The van der Waals surface area contributed by atoms with E-state index in [2.05, 4.69) is 29.2 Å². The number of benzene rings is 2. The summed E-state index contributed by atoms with van der Waals surface area (Å²) in [6, 6.07) is 13.9. The Bertz CT molecular complexity index is 1130. The van der Waals surface area contributed by atoms with E-state index in [0.717, 1.165) is 42.7 Å². The molecular weight excluding hydrogens is 447 g/mol. The molecule has 0 aliphatic carbocycles. The van der Waals surface area contributed by atoms with Crippen LogP contribution in [0.2, 0.25) is 0 Å². The van der Waals surface area contributed by atoms with Crippen molar-refractivity contribution in [1.29, 1.82) is 0 Å². The Balaban J connectivity index is 1.90. The highest BCUT2D eigenvalue weighted by molar-refractivity contribution is 6.18. The van der Waals surface area contributed by atoms with Crippen molar-refractivity contribution >= 4 is 40.1 Å². The molecule has 0 aliphatic rings. The molecule has 1 N–H and O–H groups in total. The molecule has 1 heterocycles. The number of fused-ring (bicyclic) bond motifs is 1. The maximum Gasteiger partial charge on any atom is 0.341 e. The SMILES string of the molecule is CC(C)n1cc(C(=O)O)c(=O)c2ccc(-c3ccc(CCN(CCCl)CCCl)cc3)cc21. The second kappa shape index (κ2) is 11.0. The van der Waals surface area contributed by atoms with Crippen molar-refractivity contribution in [3.8, 4) is 11.1 Å². The molecule has 0 radical (unpaired) electrons. The van der Waals surface area contributed by atoms with E-state index in [1.165, 1.54) is 11.8 Å². The van der Waals surface area contributed by atoms with Crippen molar-refractivity contribution in [3.63, 3.8) is 0 Å². The number of alkyl halides is 2. The Kier molecular flexibility index (Phi) is 8.35. The molecule has 32 heavy (non-hydrogen) atoms. The zero-order chi connectivity index (χ0) is 23.3. The minimum absolute atomic E-state index is 0.0118. The third-order valence-corrected chi connectivity index (χ3v) is 5.96. The molecule has 0 unspecified atom stereocenters. The Hall–Kier alpha value is -2.34. The predicted molar refractivity (Wildman–Crippen MR) is 133 cm³/mol. The molecular formula is C25H28Cl2N2O3. The predicted octanol–water partition coefficient (Wildman–Crippen LogP) is 5.27. The van der Waals surface area contributed by atoms with E-state index in [9.17, 15) is 14.7 Å². The van der Waals surface area contributed by atoms with Crippen LogP contribution in [0.4, 0.5) is 0 Å². The van der Waals surface area contributed by atoms with Gasteiger partial charge in [0.1, 0.15) is 5.56 Å². The molecule has 7 heteroatoms. The van der Waals surface area contributed by atoms with Gasteiger partial charge >= 0.3 is 5.97 Å². The average molecular weight is 475 g/mol. The van der Waals surface area contributed by atoms with E-state index in [1.54, 1.807) is 6.07 Å². The third kappa shape index (κ3) is 5.52. The normalized spacial score (nSPS) is 11.6. The molecule has 2 aromatic carbocycles. The lowest BCUT2D eigenvalue weighted by atomic mass is 10.00. The van der Waals surface area contributed by atoms with Crippen molar-refractivity contribution in [2.24, 2.45) is 0 Å². The highest BCUT2D eigenvalue weighted by Gasteiger charge is 2.16. The molecule has 0 bridgehead atoms. The molecule has 0 spiro atoms. The van der Waals surface area contributed by atoms with Crippen LogP contribution < -0.4 is 5.43 Å². The smallest absolute Gasteiger partial charge is 0.341 e. The molecule has 1 aromatic heterocycles. The van der Waals surface area contributed by atoms with Gasteiger partial charge in [0.05, 0.1) is 5.52 Å². The first-order valence-corrected chi connectivity index (χ1v) is 11.8. The van der Waals surface area contributed by atoms with Crippen LogP contribution >= 0.6 is 23.2 Å². The van der Waals surface area contributed by atoms with Crippen LogP contribution in [0.5, 0.6) is 0 Å². The molecule has 5 nitrogen and oxygen atoms in total. The highest BCUT2D eigenvalue weighted by Crippen LogP contribution is 2.26. The number of pyridine rings is 1. The van der Waals surface area contributed by atoms with Crippen molar-refractivity contribution in [2.75, 3.05) is 31.4 Å². The number of hydrogen-bond donors (Lipinski definition) is 1. The van der Waals surface area contributed by atoms with Gasteiger partial charge in [0.25, 0.3) is 0 Å². The highest BCUT2D eigenvalue weighted by atomic mass is 35.5. The van der Waals surface area contributed by atoms with Gasteiger partial charge in [-0.05, 0) is 49.1 Å². The van der Waals surface area contributed by atoms with Gasteiger partial charge in [-0.2, -0.15) is 0 Å². The number of carboxylic acid groups (broad SMARTS) is 1. The van der Waals surface area contributed by atoms with Crippen LogP contribution in [-0.2, 0) is 6.42 Å². The minimum atomic E-state index is -1.21. The largest absolute Gasteiger partial charge is 0.477 e. The molecule has 3 aromatic rings. The van der Waals surface area contributed by atoms with Gasteiger partial charge in [-0.15, -0.1) is 23.2 Å². The maximum atomic E-state index is 12.6. The lowest BCUT2D eigenvalue weighted by Crippen LogP contribution is -2.30. The Labute approximate surface area is 198 Å². The van der Waals surface area contributed by atoms with E-state index < -0.39 is 11.4 Å². The molecule has 0 fully saturated rings.